The molecule has 0 saturated heterocycles. The zero-order valence-electron chi connectivity index (χ0n) is 45.8. The van der Waals surface area contributed by atoms with Crippen molar-refractivity contribution in [1.82, 2.24) is 0 Å². The number of unbranched alkanes of at least 4 members (excludes halogenated alkanes) is 52. The Kier molecular flexibility index (Phi) is 59.6. The van der Waals surface area contributed by atoms with Gasteiger partial charge in [0.15, 0.2) is 0 Å². The first-order chi connectivity index (χ1) is 33.2. The van der Waals surface area contributed by atoms with Crippen LogP contribution in [0.4, 0.5) is 0 Å². The van der Waals surface area contributed by atoms with Gasteiger partial charge < -0.3 is 9.84 Å². The van der Waals surface area contributed by atoms with E-state index in [1.165, 1.54) is 327 Å². The van der Waals surface area contributed by atoms with Crippen molar-refractivity contribution in [2.45, 2.75) is 373 Å². The molecule has 0 unspecified atom stereocenters. The molecular weight excluding hydrogens is 821 g/mol. The zero-order chi connectivity index (χ0) is 48.3. The van der Waals surface area contributed by atoms with Crippen molar-refractivity contribution in [3.05, 3.63) is 12.2 Å². The number of aliphatic carboxylic acids is 1. The van der Waals surface area contributed by atoms with E-state index in [-0.39, 0.29) is 5.97 Å². The first kappa shape index (κ1) is 65.7. The number of ether oxygens (including phenoxy) is 1. The Balaban J connectivity index is 3.15. The highest BCUT2D eigenvalue weighted by Gasteiger charge is 2.04. The Hall–Kier alpha value is -1.32. The number of hydrogen-bond donors (Lipinski definition) is 1. The van der Waals surface area contributed by atoms with Crippen LogP contribution in [-0.2, 0) is 14.3 Å². The van der Waals surface area contributed by atoms with Crippen LogP contribution in [0.15, 0.2) is 12.2 Å². The van der Waals surface area contributed by atoms with E-state index in [0.29, 0.717) is 19.4 Å². The van der Waals surface area contributed by atoms with E-state index in [4.69, 9.17) is 9.84 Å². The lowest BCUT2D eigenvalue weighted by Crippen LogP contribution is -2.05. The molecule has 1 N–H and O–H groups in total. The smallest absolute Gasteiger partial charge is 0.305 e. The highest BCUT2D eigenvalue weighted by molar-refractivity contribution is 5.69. The molecule has 0 fully saturated rings. The Bertz CT molecular complexity index is 960. The van der Waals surface area contributed by atoms with E-state index in [1.54, 1.807) is 0 Å². The Labute approximate surface area is 421 Å². The monoisotopic (exact) mass is 943 g/mol. The van der Waals surface area contributed by atoms with Gasteiger partial charge in [-0.1, -0.05) is 327 Å². The van der Waals surface area contributed by atoms with Gasteiger partial charge >= 0.3 is 11.9 Å². The molecule has 4 heteroatoms. The standard InChI is InChI=1S/C63H122O4/c1-2-3-4-5-6-7-8-9-10-11-12-29-33-36-39-42-45-48-51-54-57-60-63(66)67-61-58-55-52-49-46-43-40-37-34-31-28-26-24-22-20-18-16-14-13-15-17-19-21-23-25-27-30-32-35-38-41-44-47-50-53-56-59-62(64)65/h9-10H,2-8,11-61H2,1H3,(H,64,65). The molecule has 0 aromatic heterocycles. The maximum Gasteiger partial charge on any atom is 0.305 e. The molecule has 67 heavy (non-hydrogen) atoms. The normalized spacial score (nSPS) is 11.7. The molecule has 0 aromatic carbocycles. The van der Waals surface area contributed by atoms with Crippen LogP contribution < -0.4 is 0 Å². The molecule has 0 heterocycles. The van der Waals surface area contributed by atoms with Crippen LogP contribution in [0.3, 0.4) is 0 Å². The summed E-state index contributed by atoms with van der Waals surface area (Å²) in [5, 5.41) is 8.68. The van der Waals surface area contributed by atoms with E-state index in [9.17, 15) is 9.59 Å². The lowest BCUT2D eigenvalue weighted by atomic mass is 10.0. The minimum absolute atomic E-state index is 0.0269. The molecule has 0 aromatic rings. The Morgan fingerprint density at radius 3 is 0.746 bits per heavy atom. The lowest BCUT2D eigenvalue weighted by Gasteiger charge is -2.06. The molecule has 0 bridgehead atoms. The summed E-state index contributed by atoms with van der Waals surface area (Å²) < 4.78 is 5.51. The number of rotatable bonds is 60. The zero-order valence-corrected chi connectivity index (χ0v) is 45.8. The Morgan fingerprint density at radius 1 is 0.284 bits per heavy atom. The van der Waals surface area contributed by atoms with Gasteiger partial charge in [-0.15, -0.1) is 0 Å². The number of carbonyl (C=O) groups excluding carboxylic acids is 1. The predicted octanol–water partition coefficient (Wildman–Crippen LogP) is 22.4. The minimum Gasteiger partial charge on any atom is -0.481 e. The lowest BCUT2D eigenvalue weighted by molar-refractivity contribution is -0.144. The van der Waals surface area contributed by atoms with Crippen molar-refractivity contribution >= 4 is 11.9 Å². The van der Waals surface area contributed by atoms with Crippen molar-refractivity contribution in [2.24, 2.45) is 0 Å². The van der Waals surface area contributed by atoms with Crippen molar-refractivity contribution in [3.63, 3.8) is 0 Å². The average molecular weight is 944 g/mol. The van der Waals surface area contributed by atoms with E-state index >= 15 is 0 Å². The van der Waals surface area contributed by atoms with E-state index < -0.39 is 5.97 Å². The summed E-state index contributed by atoms with van der Waals surface area (Å²) in [5.74, 6) is -0.623. The molecule has 0 radical (unpaired) electrons. The van der Waals surface area contributed by atoms with Gasteiger partial charge in [-0.2, -0.15) is 0 Å². The number of allylic oxidation sites excluding steroid dienone is 2. The highest BCUT2D eigenvalue weighted by atomic mass is 16.5. The van der Waals surface area contributed by atoms with Crippen LogP contribution in [0.5, 0.6) is 0 Å². The van der Waals surface area contributed by atoms with E-state index in [1.807, 2.05) is 0 Å². The van der Waals surface area contributed by atoms with Gasteiger partial charge in [-0.05, 0) is 44.9 Å². The molecule has 0 aliphatic rings. The molecule has 0 atom stereocenters. The van der Waals surface area contributed by atoms with Crippen LogP contribution in [0.2, 0.25) is 0 Å². The predicted molar refractivity (Wildman–Crippen MR) is 297 cm³/mol. The summed E-state index contributed by atoms with van der Waals surface area (Å²) in [4.78, 5) is 22.6. The molecule has 0 amide bonds. The summed E-state index contributed by atoms with van der Waals surface area (Å²) in [6, 6.07) is 0. The van der Waals surface area contributed by atoms with Gasteiger partial charge in [0.25, 0.3) is 0 Å². The largest absolute Gasteiger partial charge is 0.481 e. The SMILES string of the molecule is CCCCCCCCC=CCCCCCCCCCCCCCC(=O)OCCCCCCCCCCCCCCCCCCCCCCCCCCCCCCCCCCCCCCC(=O)O. The van der Waals surface area contributed by atoms with Gasteiger partial charge in [0.1, 0.15) is 0 Å². The first-order valence-electron chi connectivity index (χ1n) is 31.2. The van der Waals surface area contributed by atoms with Crippen molar-refractivity contribution in [1.29, 1.82) is 0 Å². The third-order valence-electron chi connectivity index (χ3n) is 14.7. The third-order valence-corrected chi connectivity index (χ3v) is 14.7. The summed E-state index contributed by atoms with van der Waals surface area (Å²) in [5.41, 5.74) is 0. The number of esters is 1. The van der Waals surface area contributed by atoms with E-state index in [0.717, 1.165) is 25.7 Å². The first-order valence-corrected chi connectivity index (χ1v) is 31.2. The third kappa shape index (κ3) is 62.7. The number of carboxylic acids is 1. The second-order valence-electron chi connectivity index (χ2n) is 21.5. The molecule has 4 nitrogen and oxygen atoms in total. The van der Waals surface area contributed by atoms with Crippen molar-refractivity contribution in [2.75, 3.05) is 6.61 Å². The van der Waals surface area contributed by atoms with Crippen LogP contribution in [0, 0.1) is 0 Å². The molecule has 0 rings (SSSR count). The van der Waals surface area contributed by atoms with Gasteiger partial charge in [0.2, 0.25) is 0 Å². The maximum atomic E-state index is 12.1. The summed E-state index contributed by atoms with van der Waals surface area (Å²) >= 11 is 0. The van der Waals surface area contributed by atoms with Crippen molar-refractivity contribution < 1.29 is 19.4 Å². The molecule has 0 aliphatic carbocycles. The molecular formula is C63H122O4. The second-order valence-corrected chi connectivity index (χ2v) is 21.5. The number of hydrogen-bond acceptors (Lipinski definition) is 3. The number of carbonyl (C=O) groups is 2. The van der Waals surface area contributed by atoms with Gasteiger partial charge in [-0.25, -0.2) is 0 Å². The van der Waals surface area contributed by atoms with Gasteiger partial charge in [0, 0.05) is 12.8 Å². The topological polar surface area (TPSA) is 63.6 Å². The summed E-state index contributed by atoms with van der Waals surface area (Å²) in [6.45, 7) is 2.92. The van der Waals surface area contributed by atoms with Gasteiger partial charge in [0.05, 0.1) is 6.61 Å². The van der Waals surface area contributed by atoms with Crippen LogP contribution in [-0.4, -0.2) is 23.7 Å². The van der Waals surface area contributed by atoms with Crippen LogP contribution in [0.25, 0.3) is 0 Å². The van der Waals surface area contributed by atoms with Crippen molar-refractivity contribution in [3.8, 4) is 0 Å². The molecule has 398 valence electrons. The van der Waals surface area contributed by atoms with Crippen LogP contribution >= 0.6 is 0 Å². The molecule has 0 aliphatic heterocycles. The molecule has 0 saturated carbocycles. The van der Waals surface area contributed by atoms with Crippen LogP contribution in [0.1, 0.15) is 373 Å². The fourth-order valence-electron chi connectivity index (χ4n) is 10.0. The van der Waals surface area contributed by atoms with Gasteiger partial charge in [-0.3, -0.25) is 9.59 Å². The fourth-order valence-corrected chi connectivity index (χ4v) is 10.0. The van der Waals surface area contributed by atoms with E-state index in [2.05, 4.69) is 19.1 Å². The number of carboxylic acid groups (broad SMARTS) is 1. The quantitative estimate of drug-likeness (QED) is 0.0375. The highest BCUT2D eigenvalue weighted by Crippen LogP contribution is 2.19. The maximum absolute atomic E-state index is 12.1. The molecule has 0 spiro atoms. The minimum atomic E-state index is -0.650. The Morgan fingerprint density at radius 2 is 0.493 bits per heavy atom. The summed E-state index contributed by atoms with van der Waals surface area (Å²) in [6.07, 6.45) is 80.7. The fraction of sp³-hybridized carbons (Fsp3) is 0.937. The second kappa shape index (κ2) is 60.8. The summed E-state index contributed by atoms with van der Waals surface area (Å²) in [7, 11) is 0. The average Bonchev–Trinajstić information content (AvgIpc) is 3.32.